The lowest BCUT2D eigenvalue weighted by atomic mass is 9.76. The fraction of sp³-hybridized carbons (Fsp3) is 0.455. The average Bonchev–Trinajstić information content (AvgIpc) is 3.23. The molecular weight excluding hydrogens is 584 g/mol. The number of carbonyl (C=O) groups excluding carboxylic acids is 2. The third-order valence-corrected chi connectivity index (χ3v) is 8.97. The van der Waals surface area contributed by atoms with E-state index < -0.39 is 53.1 Å². The number of benzene rings is 2. The number of rotatable bonds is 8. The maximum Gasteiger partial charge on any atom is 0.416 e. The number of amides is 3. The van der Waals surface area contributed by atoms with Crippen molar-refractivity contribution in [3.63, 3.8) is 0 Å². The smallest absolute Gasteiger partial charge is 0.335 e. The Morgan fingerprint density at radius 1 is 1.02 bits per heavy atom. The highest BCUT2D eigenvalue weighted by atomic mass is 19.4. The predicted molar refractivity (Wildman–Crippen MR) is 155 cm³/mol. The standard InChI is InChI=1S/C33H37F6N3O2/c1-6-13-31(14-7-2)20-27-28(25-12-10-9-11-21(25)4)42(16-15-41(27)29(31)43)30(44)40(5)26(8-3)22-17-23(32(34,35)36)19-24(18-22)33(37,38)39/h6-7,9-12,17-19,26-28H,1-2,8,13-16,20H2,3-5H3/t26?,27-,28-/m0/s1. The summed E-state index contributed by atoms with van der Waals surface area (Å²) in [6.45, 7) is 11.6. The Bertz CT molecular complexity index is 1380. The monoisotopic (exact) mass is 621 g/mol. The van der Waals surface area contributed by atoms with Crippen molar-refractivity contribution >= 4 is 11.9 Å². The van der Waals surface area contributed by atoms with Crippen molar-refractivity contribution < 1.29 is 35.9 Å². The maximum absolute atomic E-state index is 14.3. The van der Waals surface area contributed by atoms with Crippen LogP contribution in [0.4, 0.5) is 31.1 Å². The summed E-state index contributed by atoms with van der Waals surface area (Å²) >= 11 is 0. The molecule has 0 aliphatic carbocycles. The minimum absolute atomic E-state index is 0.0450. The minimum Gasteiger partial charge on any atom is -0.335 e. The summed E-state index contributed by atoms with van der Waals surface area (Å²) in [5, 5.41) is 0. The fourth-order valence-corrected chi connectivity index (χ4v) is 6.89. The molecule has 0 saturated carbocycles. The number of piperazine rings is 1. The van der Waals surface area contributed by atoms with E-state index >= 15 is 0 Å². The van der Waals surface area contributed by atoms with Gasteiger partial charge in [0.05, 0.1) is 34.7 Å². The third-order valence-electron chi connectivity index (χ3n) is 8.97. The van der Waals surface area contributed by atoms with Gasteiger partial charge in [0, 0.05) is 20.1 Å². The van der Waals surface area contributed by atoms with Gasteiger partial charge in [0.2, 0.25) is 5.91 Å². The molecule has 2 fully saturated rings. The number of carbonyl (C=O) groups is 2. The van der Waals surface area contributed by atoms with E-state index in [-0.39, 0.29) is 37.0 Å². The highest BCUT2D eigenvalue weighted by molar-refractivity contribution is 5.87. The number of aryl methyl sites for hydroxylation is 1. The van der Waals surface area contributed by atoms with E-state index in [1.807, 2.05) is 31.2 Å². The maximum atomic E-state index is 14.3. The first-order valence-electron chi connectivity index (χ1n) is 14.5. The second kappa shape index (κ2) is 12.3. The van der Waals surface area contributed by atoms with Crippen LogP contribution in [0.2, 0.25) is 0 Å². The summed E-state index contributed by atoms with van der Waals surface area (Å²) in [4.78, 5) is 32.7. The van der Waals surface area contributed by atoms with Crippen LogP contribution in [0.25, 0.3) is 0 Å². The van der Waals surface area contributed by atoms with Crippen LogP contribution in [0.5, 0.6) is 0 Å². The van der Waals surface area contributed by atoms with Gasteiger partial charge in [-0.25, -0.2) is 4.79 Å². The number of alkyl halides is 6. The third kappa shape index (κ3) is 6.10. The van der Waals surface area contributed by atoms with Crippen LogP contribution in [0.1, 0.15) is 72.5 Å². The van der Waals surface area contributed by atoms with Gasteiger partial charge in [0.1, 0.15) is 0 Å². The summed E-state index contributed by atoms with van der Waals surface area (Å²) < 4.78 is 82.0. The molecule has 44 heavy (non-hydrogen) atoms. The summed E-state index contributed by atoms with van der Waals surface area (Å²) in [6.07, 6.45) is -5.27. The Morgan fingerprint density at radius 3 is 2.09 bits per heavy atom. The molecule has 0 aromatic heterocycles. The topological polar surface area (TPSA) is 43.9 Å². The number of halogens is 6. The number of fused-ring (bicyclic) bond motifs is 1. The Morgan fingerprint density at radius 2 is 1.59 bits per heavy atom. The molecule has 2 aliphatic heterocycles. The fourth-order valence-electron chi connectivity index (χ4n) is 6.89. The lowest BCUT2D eigenvalue weighted by Crippen LogP contribution is -2.57. The average molecular weight is 622 g/mol. The zero-order valence-electron chi connectivity index (χ0n) is 25.0. The van der Waals surface area contributed by atoms with E-state index in [0.717, 1.165) is 11.1 Å². The number of urea groups is 1. The van der Waals surface area contributed by atoms with Crippen LogP contribution in [-0.2, 0) is 17.1 Å². The minimum atomic E-state index is -5.01. The molecular formula is C33H37F6N3O2. The van der Waals surface area contributed by atoms with Crippen molar-refractivity contribution in [1.82, 2.24) is 14.7 Å². The SMILES string of the molecule is C=CCC1(CC=C)C[C@H]2[C@H](c3ccccc3C)N(C(=O)N(C)C(CC)c3cc(C(F)(F)F)cc(C(F)(F)F)c3)CCN2C1=O. The number of allylic oxidation sites excluding steroid dienone is 2. The molecule has 0 spiro atoms. The normalized spacial score (nSPS) is 20.7. The van der Waals surface area contributed by atoms with Crippen molar-refractivity contribution in [2.24, 2.45) is 5.41 Å². The molecule has 4 rings (SSSR count). The van der Waals surface area contributed by atoms with Gasteiger partial charge in [0.15, 0.2) is 0 Å². The largest absolute Gasteiger partial charge is 0.416 e. The molecule has 3 amide bonds. The lowest BCUT2D eigenvalue weighted by Gasteiger charge is -2.47. The summed E-state index contributed by atoms with van der Waals surface area (Å²) in [5.41, 5.74) is -2.19. The molecule has 1 unspecified atom stereocenters. The molecule has 0 N–H and O–H groups in total. The first kappa shape index (κ1) is 33.1. The van der Waals surface area contributed by atoms with Crippen LogP contribution in [0.3, 0.4) is 0 Å². The molecule has 2 aliphatic rings. The van der Waals surface area contributed by atoms with E-state index in [4.69, 9.17) is 0 Å². The zero-order chi connectivity index (χ0) is 32.6. The number of nitrogens with zero attached hydrogens (tertiary/aromatic N) is 3. The van der Waals surface area contributed by atoms with Crippen LogP contribution >= 0.6 is 0 Å². The Kier molecular flexibility index (Phi) is 9.28. The van der Waals surface area contributed by atoms with Gasteiger partial charge in [-0.15, -0.1) is 13.2 Å². The molecule has 238 valence electrons. The van der Waals surface area contributed by atoms with Gasteiger partial charge < -0.3 is 14.7 Å². The van der Waals surface area contributed by atoms with Crippen molar-refractivity contribution in [3.05, 3.63) is 95.6 Å². The molecule has 2 aromatic rings. The first-order valence-corrected chi connectivity index (χ1v) is 14.5. The second-order valence-electron chi connectivity index (χ2n) is 11.7. The highest BCUT2D eigenvalue weighted by Crippen LogP contribution is 2.50. The van der Waals surface area contributed by atoms with Gasteiger partial charge in [-0.2, -0.15) is 26.3 Å². The Labute approximate surface area is 253 Å². The molecule has 0 bridgehead atoms. The van der Waals surface area contributed by atoms with E-state index in [2.05, 4.69) is 13.2 Å². The van der Waals surface area contributed by atoms with Crippen LogP contribution in [0, 0.1) is 12.3 Å². The van der Waals surface area contributed by atoms with Crippen LogP contribution in [-0.4, -0.2) is 52.8 Å². The van der Waals surface area contributed by atoms with Gasteiger partial charge in [0.25, 0.3) is 0 Å². The summed E-state index contributed by atoms with van der Waals surface area (Å²) in [7, 11) is 1.39. The summed E-state index contributed by atoms with van der Waals surface area (Å²) in [6, 6.07) is 6.30. The Balaban J connectivity index is 1.77. The number of hydrogen-bond donors (Lipinski definition) is 0. The first-order chi connectivity index (χ1) is 20.6. The molecule has 0 radical (unpaired) electrons. The number of hydrogen-bond acceptors (Lipinski definition) is 2. The lowest BCUT2D eigenvalue weighted by molar-refractivity contribution is -0.143. The molecule has 3 atom stereocenters. The van der Waals surface area contributed by atoms with Gasteiger partial charge in [-0.3, -0.25) is 4.79 Å². The zero-order valence-corrected chi connectivity index (χ0v) is 25.0. The summed E-state index contributed by atoms with van der Waals surface area (Å²) in [5.74, 6) is -0.0450. The van der Waals surface area contributed by atoms with E-state index in [9.17, 15) is 35.9 Å². The van der Waals surface area contributed by atoms with Crippen molar-refractivity contribution in [2.75, 3.05) is 20.1 Å². The van der Waals surface area contributed by atoms with Crippen molar-refractivity contribution in [2.45, 2.75) is 70.0 Å². The quantitative estimate of drug-likeness (QED) is 0.220. The van der Waals surface area contributed by atoms with E-state index in [1.54, 1.807) is 28.9 Å². The molecule has 2 aromatic carbocycles. The van der Waals surface area contributed by atoms with Gasteiger partial charge >= 0.3 is 18.4 Å². The molecule has 2 heterocycles. The second-order valence-corrected chi connectivity index (χ2v) is 11.7. The van der Waals surface area contributed by atoms with E-state index in [0.29, 0.717) is 31.4 Å². The van der Waals surface area contributed by atoms with E-state index in [1.165, 1.54) is 11.9 Å². The Hall–Kier alpha value is -3.76. The van der Waals surface area contributed by atoms with Gasteiger partial charge in [-0.1, -0.05) is 43.3 Å². The highest BCUT2D eigenvalue weighted by Gasteiger charge is 2.56. The van der Waals surface area contributed by atoms with Crippen molar-refractivity contribution in [3.8, 4) is 0 Å². The molecule has 11 heteroatoms. The van der Waals surface area contributed by atoms with Crippen LogP contribution in [0.15, 0.2) is 67.8 Å². The van der Waals surface area contributed by atoms with Crippen molar-refractivity contribution in [1.29, 1.82) is 0 Å². The van der Waals surface area contributed by atoms with Gasteiger partial charge in [-0.05, 0) is 67.5 Å². The molecule has 2 saturated heterocycles. The molecule has 5 nitrogen and oxygen atoms in total. The van der Waals surface area contributed by atoms with Crippen LogP contribution < -0.4 is 0 Å². The predicted octanol–water partition coefficient (Wildman–Crippen LogP) is 8.33.